The fourth-order valence-electron chi connectivity index (χ4n) is 0.769. The van der Waals surface area contributed by atoms with Crippen molar-refractivity contribution in [1.82, 2.24) is 0 Å². The van der Waals surface area contributed by atoms with E-state index in [9.17, 15) is 9.36 Å². The van der Waals surface area contributed by atoms with Gasteiger partial charge in [0.05, 0.1) is 6.16 Å². The lowest BCUT2D eigenvalue weighted by Gasteiger charge is -2.01. The number of hydrogen-bond acceptors (Lipinski definition) is 2. The van der Waals surface area contributed by atoms with E-state index >= 15 is 0 Å². The highest BCUT2D eigenvalue weighted by molar-refractivity contribution is 7.51. The summed E-state index contributed by atoms with van der Waals surface area (Å²) in [7, 11) is -3.97. The standard InChI is InChI=1S/C7H15O4P/c1-2-3-4-7(8)5-6-12(9,10)11/h2-6H2,1H3,(H2,9,10,11). The molecule has 0 aliphatic rings. The van der Waals surface area contributed by atoms with Crippen LogP contribution >= 0.6 is 7.60 Å². The Labute approximate surface area is 72.1 Å². The minimum Gasteiger partial charge on any atom is -0.324 e. The van der Waals surface area contributed by atoms with E-state index < -0.39 is 7.60 Å². The van der Waals surface area contributed by atoms with Crippen molar-refractivity contribution in [2.75, 3.05) is 6.16 Å². The fraction of sp³-hybridized carbons (Fsp3) is 0.857. The van der Waals surface area contributed by atoms with Gasteiger partial charge in [-0.1, -0.05) is 13.3 Å². The third-order valence-electron chi connectivity index (χ3n) is 1.49. The summed E-state index contributed by atoms with van der Waals surface area (Å²) in [5.41, 5.74) is 0. The second-order valence-electron chi connectivity index (χ2n) is 2.78. The zero-order valence-corrected chi connectivity index (χ0v) is 8.09. The summed E-state index contributed by atoms with van der Waals surface area (Å²) in [6, 6.07) is 0. The first-order valence-corrected chi connectivity index (χ1v) is 5.81. The normalized spacial score (nSPS) is 11.6. The molecule has 0 aliphatic carbocycles. The number of carbonyl (C=O) groups is 1. The number of ketones is 1. The fourth-order valence-corrected chi connectivity index (χ4v) is 1.31. The molecule has 0 bridgehead atoms. The molecule has 0 spiro atoms. The maximum Gasteiger partial charge on any atom is 0.326 e. The topological polar surface area (TPSA) is 74.6 Å². The lowest BCUT2D eigenvalue weighted by atomic mass is 10.1. The average molecular weight is 194 g/mol. The van der Waals surface area contributed by atoms with E-state index in [0.29, 0.717) is 6.42 Å². The Hall–Kier alpha value is -0.180. The van der Waals surface area contributed by atoms with Crippen molar-refractivity contribution < 1.29 is 19.1 Å². The Morgan fingerprint density at radius 2 is 1.92 bits per heavy atom. The maximum absolute atomic E-state index is 10.9. The highest BCUT2D eigenvalue weighted by Gasteiger charge is 2.14. The van der Waals surface area contributed by atoms with Gasteiger partial charge in [-0.25, -0.2) is 0 Å². The molecule has 12 heavy (non-hydrogen) atoms. The molecule has 0 aromatic carbocycles. The molecule has 0 aromatic heterocycles. The zero-order valence-electron chi connectivity index (χ0n) is 7.19. The summed E-state index contributed by atoms with van der Waals surface area (Å²) in [5.74, 6) is -0.0554. The molecule has 0 heterocycles. The van der Waals surface area contributed by atoms with Crippen molar-refractivity contribution in [3.63, 3.8) is 0 Å². The Kier molecular flexibility index (Phi) is 5.38. The number of unbranched alkanes of at least 4 members (excludes halogenated alkanes) is 1. The quantitative estimate of drug-likeness (QED) is 0.625. The number of rotatable bonds is 6. The highest BCUT2D eigenvalue weighted by Crippen LogP contribution is 2.34. The Bertz CT molecular complexity index is 184. The summed E-state index contributed by atoms with van der Waals surface area (Å²) in [4.78, 5) is 27.8. The molecular weight excluding hydrogens is 179 g/mol. The third kappa shape index (κ3) is 7.92. The van der Waals surface area contributed by atoms with Crippen LogP contribution in [0.4, 0.5) is 0 Å². The molecule has 0 atom stereocenters. The summed E-state index contributed by atoms with van der Waals surface area (Å²) in [5, 5.41) is 0. The third-order valence-corrected chi connectivity index (χ3v) is 2.30. The lowest BCUT2D eigenvalue weighted by molar-refractivity contribution is -0.118. The molecule has 0 aliphatic heterocycles. The van der Waals surface area contributed by atoms with E-state index in [0.717, 1.165) is 12.8 Å². The van der Waals surface area contributed by atoms with Gasteiger partial charge in [-0.2, -0.15) is 0 Å². The van der Waals surface area contributed by atoms with Gasteiger partial charge in [0.1, 0.15) is 5.78 Å². The minimum atomic E-state index is -3.97. The van der Waals surface area contributed by atoms with Crippen molar-refractivity contribution >= 4 is 13.4 Å². The highest BCUT2D eigenvalue weighted by atomic mass is 31.2. The molecule has 4 nitrogen and oxygen atoms in total. The van der Waals surface area contributed by atoms with Crippen LogP contribution in [0.5, 0.6) is 0 Å². The largest absolute Gasteiger partial charge is 0.326 e. The predicted molar refractivity (Wildman–Crippen MR) is 46.1 cm³/mol. The second-order valence-corrected chi connectivity index (χ2v) is 4.56. The molecule has 0 aromatic rings. The Morgan fingerprint density at radius 1 is 1.33 bits per heavy atom. The summed E-state index contributed by atoms with van der Waals surface area (Å²) in [6.07, 6.45) is 1.87. The van der Waals surface area contributed by atoms with Crippen molar-refractivity contribution in [1.29, 1.82) is 0 Å². The molecule has 0 unspecified atom stereocenters. The molecule has 0 saturated carbocycles. The van der Waals surface area contributed by atoms with E-state index in [1.807, 2.05) is 6.92 Å². The zero-order chi connectivity index (χ0) is 9.61. The monoisotopic (exact) mass is 194 g/mol. The summed E-state index contributed by atoms with van der Waals surface area (Å²) >= 11 is 0. The lowest BCUT2D eigenvalue weighted by Crippen LogP contribution is -2.01. The summed E-state index contributed by atoms with van der Waals surface area (Å²) < 4.78 is 10.4. The second kappa shape index (κ2) is 5.46. The van der Waals surface area contributed by atoms with Gasteiger partial charge in [-0.3, -0.25) is 9.36 Å². The first kappa shape index (κ1) is 11.8. The molecule has 0 saturated heterocycles. The van der Waals surface area contributed by atoms with Crippen LogP contribution in [0.15, 0.2) is 0 Å². The molecule has 2 N–H and O–H groups in total. The smallest absolute Gasteiger partial charge is 0.324 e. The van der Waals surface area contributed by atoms with Gasteiger partial charge >= 0.3 is 7.60 Å². The van der Waals surface area contributed by atoms with Crippen LogP contribution in [0.3, 0.4) is 0 Å². The van der Waals surface area contributed by atoms with Crippen LogP contribution in [0.2, 0.25) is 0 Å². The van der Waals surface area contributed by atoms with E-state index in [-0.39, 0.29) is 18.4 Å². The van der Waals surface area contributed by atoms with Gasteiger partial charge in [-0.05, 0) is 6.42 Å². The van der Waals surface area contributed by atoms with E-state index in [1.165, 1.54) is 0 Å². The van der Waals surface area contributed by atoms with Crippen LogP contribution in [0.25, 0.3) is 0 Å². The van der Waals surface area contributed by atoms with Crippen molar-refractivity contribution in [2.45, 2.75) is 32.6 Å². The Morgan fingerprint density at radius 3 is 2.33 bits per heavy atom. The molecule has 0 radical (unpaired) electrons. The van der Waals surface area contributed by atoms with E-state index in [4.69, 9.17) is 9.79 Å². The molecule has 0 fully saturated rings. The predicted octanol–water partition coefficient (Wildman–Crippen LogP) is 1.31. The van der Waals surface area contributed by atoms with Crippen molar-refractivity contribution in [3.05, 3.63) is 0 Å². The van der Waals surface area contributed by atoms with Crippen LogP contribution in [-0.4, -0.2) is 21.7 Å². The first-order valence-electron chi connectivity index (χ1n) is 4.02. The van der Waals surface area contributed by atoms with E-state index in [2.05, 4.69) is 0 Å². The minimum absolute atomic E-state index is 0.00424. The average Bonchev–Trinajstić information content (AvgIpc) is 1.95. The van der Waals surface area contributed by atoms with Crippen LogP contribution < -0.4 is 0 Å². The van der Waals surface area contributed by atoms with Crippen molar-refractivity contribution in [2.24, 2.45) is 0 Å². The van der Waals surface area contributed by atoms with Crippen LogP contribution in [0, 0.1) is 0 Å². The SMILES string of the molecule is CCCCC(=O)CCP(=O)(O)O. The molecule has 0 amide bonds. The molecule has 72 valence electrons. The number of hydrogen-bond donors (Lipinski definition) is 2. The van der Waals surface area contributed by atoms with Crippen LogP contribution in [-0.2, 0) is 9.36 Å². The number of Topliss-reactive ketones (excluding diaryl/α,β-unsaturated/α-hetero) is 1. The molecule has 5 heteroatoms. The van der Waals surface area contributed by atoms with Gasteiger partial charge in [0.15, 0.2) is 0 Å². The van der Waals surface area contributed by atoms with Gasteiger partial charge in [-0.15, -0.1) is 0 Å². The first-order chi connectivity index (χ1) is 5.45. The Balaban J connectivity index is 3.51. The van der Waals surface area contributed by atoms with Gasteiger partial charge in [0.2, 0.25) is 0 Å². The molecule has 0 rings (SSSR count). The van der Waals surface area contributed by atoms with Gasteiger partial charge in [0, 0.05) is 12.8 Å². The van der Waals surface area contributed by atoms with Crippen molar-refractivity contribution in [3.8, 4) is 0 Å². The van der Waals surface area contributed by atoms with Gasteiger partial charge in [0.25, 0.3) is 0 Å². The van der Waals surface area contributed by atoms with Gasteiger partial charge < -0.3 is 9.79 Å². The van der Waals surface area contributed by atoms with E-state index in [1.54, 1.807) is 0 Å². The molecular formula is C7H15O4P. The maximum atomic E-state index is 10.9. The van der Waals surface area contributed by atoms with Crippen LogP contribution in [0.1, 0.15) is 32.6 Å². The number of carbonyl (C=O) groups excluding carboxylic acids is 1. The summed E-state index contributed by atoms with van der Waals surface area (Å²) in [6.45, 7) is 1.97.